The molecule has 100 valence electrons. The van der Waals surface area contributed by atoms with E-state index in [1.165, 1.54) is 5.56 Å². The van der Waals surface area contributed by atoms with Gasteiger partial charge in [0.1, 0.15) is 0 Å². The Kier molecular flexibility index (Phi) is 4.87. The summed E-state index contributed by atoms with van der Waals surface area (Å²) in [4.78, 5) is 2.41. The molecule has 0 radical (unpaired) electrons. The summed E-state index contributed by atoms with van der Waals surface area (Å²) in [5.41, 5.74) is 2.16. The lowest BCUT2D eigenvalue weighted by atomic mass is 10.2. The van der Waals surface area contributed by atoms with Crippen LogP contribution in [0.1, 0.15) is 12.5 Å². The van der Waals surface area contributed by atoms with Crippen LogP contribution in [-0.2, 0) is 4.74 Å². The van der Waals surface area contributed by atoms with Crippen LogP contribution in [0.15, 0.2) is 18.2 Å². The molecule has 0 saturated carbocycles. The van der Waals surface area contributed by atoms with Crippen molar-refractivity contribution in [2.75, 3.05) is 38.1 Å². The molecule has 0 amide bonds. The molecule has 0 bridgehead atoms. The van der Waals surface area contributed by atoms with Gasteiger partial charge in [-0.25, -0.2) is 0 Å². The highest BCUT2D eigenvalue weighted by Gasteiger charge is 2.18. The highest BCUT2D eigenvalue weighted by Crippen LogP contribution is 2.22. The van der Waals surface area contributed by atoms with Gasteiger partial charge >= 0.3 is 0 Å². The first kappa shape index (κ1) is 13.7. The Morgan fingerprint density at radius 1 is 1.50 bits per heavy atom. The number of anilines is 1. The van der Waals surface area contributed by atoms with Crippen molar-refractivity contribution in [2.45, 2.75) is 20.0 Å². The number of hydrogen-bond donors (Lipinski definition) is 1. The fourth-order valence-corrected chi connectivity index (χ4v) is 2.48. The van der Waals surface area contributed by atoms with Gasteiger partial charge in [-0.15, -0.1) is 0 Å². The minimum Gasteiger partial charge on any atom is -0.381 e. The zero-order chi connectivity index (χ0) is 13.0. The molecule has 1 aromatic carbocycles. The van der Waals surface area contributed by atoms with E-state index in [0.717, 1.165) is 43.5 Å². The number of nitrogens with one attached hydrogen (secondary N) is 1. The summed E-state index contributed by atoms with van der Waals surface area (Å²) in [5, 5.41) is 4.15. The molecule has 0 aromatic heterocycles. The summed E-state index contributed by atoms with van der Waals surface area (Å²) in [5.74, 6) is 0. The smallest absolute Gasteiger partial charge is 0.0874 e. The van der Waals surface area contributed by atoms with Crippen molar-refractivity contribution in [2.24, 2.45) is 0 Å². The fraction of sp³-hybridized carbons (Fsp3) is 0.571. The average molecular weight is 269 g/mol. The maximum absolute atomic E-state index is 6.19. The quantitative estimate of drug-likeness (QED) is 0.909. The molecule has 0 aliphatic carbocycles. The number of halogens is 1. The number of hydrogen-bond acceptors (Lipinski definition) is 3. The van der Waals surface area contributed by atoms with Gasteiger partial charge in [0.25, 0.3) is 0 Å². The summed E-state index contributed by atoms with van der Waals surface area (Å²) in [6.45, 7) is 8.98. The minimum absolute atomic E-state index is 0.246. The van der Waals surface area contributed by atoms with Gasteiger partial charge in [0, 0.05) is 19.6 Å². The number of nitrogens with zero attached hydrogens (tertiary/aromatic N) is 1. The standard InChI is InChI=1S/C14H21ClN2O/c1-3-17-6-7-18-12(10-17)9-16-14-5-4-11(2)8-13(14)15/h4-5,8,12,16H,3,6-7,9-10H2,1-2H3. The van der Waals surface area contributed by atoms with Crippen LogP contribution in [0.4, 0.5) is 5.69 Å². The van der Waals surface area contributed by atoms with Gasteiger partial charge < -0.3 is 10.1 Å². The predicted octanol–water partition coefficient (Wildman–Crippen LogP) is 2.78. The van der Waals surface area contributed by atoms with Crippen molar-refractivity contribution < 1.29 is 4.74 Å². The summed E-state index contributed by atoms with van der Waals surface area (Å²) in [7, 11) is 0. The molecule has 1 atom stereocenters. The maximum Gasteiger partial charge on any atom is 0.0874 e. The molecule has 1 unspecified atom stereocenters. The molecule has 1 aliphatic heterocycles. The first-order chi connectivity index (χ1) is 8.69. The zero-order valence-corrected chi connectivity index (χ0v) is 11.8. The van der Waals surface area contributed by atoms with E-state index >= 15 is 0 Å². The molecular weight excluding hydrogens is 248 g/mol. The summed E-state index contributed by atoms with van der Waals surface area (Å²) >= 11 is 6.19. The van der Waals surface area contributed by atoms with Crippen LogP contribution in [0.3, 0.4) is 0 Å². The Morgan fingerprint density at radius 2 is 2.33 bits per heavy atom. The number of aryl methyl sites for hydroxylation is 1. The van der Waals surface area contributed by atoms with Gasteiger partial charge in [-0.2, -0.15) is 0 Å². The van der Waals surface area contributed by atoms with Gasteiger partial charge in [-0.3, -0.25) is 4.90 Å². The molecule has 1 saturated heterocycles. The van der Waals surface area contributed by atoms with E-state index in [0.29, 0.717) is 0 Å². The van der Waals surface area contributed by atoms with Gasteiger partial charge in [0.15, 0.2) is 0 Å². The molecule has 1 fully saturated rings. The van der Waals surface area contributed by atoms with E-state index in [2.05, 4.69) is 23.2 Å². The number of rotatable bonds is 4. The lowest BCUT2D eigenvalue weighted by Gasteiger charge is -2.32. The van der Waals surface area contributed by atoms with Gasteiger partial charge in [0.2, 0.25) is 0 Å². The molecule has 2 rings (SSSR count). The van der Waals surface area contributed by atoms with Crippen molar-refractivity contribution in [1.29, 1.82) is 0 Å². The largest absolute Gasteiger partial charge is 0.381 e. The SMILES string of the molecule is CCN1CCOC(CNc2ccc(C)cc2Cl)C1. The second-order valence-electron chi connectivity index (χ2n) is 4.75. The number of ether oxygens (including phenoxy) is 1. The van der Waals surface area contributed by atoms with E-state index in [1.807, 2.05) is 19.1 Å². The topological polar surface area (TPSA) is 24.5 Å². The van der Waals surface area contributed by atoms with Crippen molar-refractivity contribution in [3.05, 3.63) is 28.8 Å². The van der Waals surface area contributed by atoms with Gasteiger partial charge in [-0.05, 0) is 31.2 Å². The Bertz CT molecular complexity index is 397. The fourth-order valence-electron chi connectivity index (χ4n) is 2.18. The maximum atomic E-state index is 6.19. The predicted molar refractivity (Wildman–Crippen MR) is 76.5 cm³/mol. The van der Waals surface area contributed by atoms with Crippen molar-refractivity contribution in [1.82, 2.24) is 4.90 Å². The van der Waals surface area contributed by atoms with Crippen LogP contribution in [0, 0.1) is 6.92 Å². The van der Waals surface area contributed by atoms with Crippen molar-refractivity contribution in [3.63, 3.8) is 0 Å². The van der Waals surface area contributed by atoms with Gasteiger partial charge in [0.05, 0.1) is 23.4 Å². The first-order valence-corrected chi connectivity index (χ1v) is 6.91. The van der Waals surface area contributed by atoms with E-state index < -0.39 is 0 Å². The summed E-state index contributed by atoms with van der Waals surface area (Å²) < 4.78 is 5.75. The van der Waals surface area contributed by atoms with Crippen LogP contribution in [0.2, 0.25) is 5.02 Å². The number of likely N-dealkylation sites (N-methyl/N-ethyl adjacent to an activating group) is 1. The Balaban J connectivity index is 1.87. The number of benzene rings is 1. The molecule has 4 heteroatoms. The highest BCUT2D eigenvalue weighted by molar-refractivity contribution is 6.33. The van der Waals surface area contributed by atoms with E-state index in [-0.39, 0.29) is 6.10 Å². The van der Waals surface area contributed by atoms with Crippen molar-refractivity contribution >= 4 is 17.3 Å². The minimum atomic E-state index is 0.246. The third-order valence-electron chi connectivity index (χ3n) is 3.31. The molecule has 1 aliphatic rings. The summed E-state index contributed by atoms with van der Waals surface area (Å²) in [6, 6.07) is 6.07. The van der Waals surface area contributed by atoms with Crippen LogP contribution < -0.4 is 5.32 Å². The monoisotopic (exact) mass is 268 g/mol. The molecule has 1 N–H and O–H groups in total. The van der Waals surface area contributed by atoms with Crippen LogP contribution >= 0.6 is 11.6 Å². The molecular formula is C14H21ClN2O. The molecule has 18 heavy (non-hydrogen) atoms. The van der Waals surface area contributed by atoms with Crippen LogP contribution in [0.25, 0.3) is 0 Å². The molecule has 1 heterocycles. The summed E-state index contributed by atoms with van der Waals surface area (Å²) in [6.07, 6.45) is 0.246. The second-order valence-corrected chi connectivity index (χ2v) is 5.16. The van der Waals surface area contributed by atoms with Crippen LogP contribution in [0.5, 0.6) is 0 Å². The van der Waals surface area contributed by atoms with E-state index in [4.69, 9.17) is 16.3 Å². The third kappa shape index (κ3) is 3.61. The lowest BCUT2D eigenvalue weighted by molar-refractivity contribution is -0.0191. The lowest BCUT2D eigenvalue weighted by Crippen LogP contribution is -2.45. The second kappa shape index (κ2) is 6.41. The first-order valence-electron chi connectivity index (χ1n) is 6.53. The zero-order valence-electron chi connectivity index (χ0n) is 11.1. The molecule has 1 aromatic rings. The van der Waals surface area contributed by atoms with Gasteiger partial charge in [-0.1, -0.05) is 24.6 Å². The third-order valence-corrected chi connectivity index (χ3v) is 3.63. The normalized spacial score (nSPS) is 20.9. The van der Waals surface area contributed by atoms with E-state index in [9.17, 15) is 0 Å². The Hall–Kier alpha value is -0.770. The van der Waals surface area contributed by atoms with Crippen LogP contribution in [-0.4, -0.2) is 43.8 Å². The Morgan fingerprint density at radius 3 is 3.06 bits per heavy atom. The Labute approximate surface area is 114 Å². The molecule has 0 spiro atoms. The highest BCUT2D eigenvalue weighted by atomic mass is 35.5. The molecule has 3 nitrogen and oxygen atoms in total. The average Bonchev–Trinajstić information content (AvgIpc) is 2.38. The van der Waals surface area contributed by atoms with Crippen molar-refractivity contribution in [3.8, 4) is 0 Å². The van der Waals surface area contributed by atoms with E-state index in [1.54, 1.807) is 0 Å². The number of morpholine rings is 1.